The molecule has 0 aliphatic carbocycles. The summed E-state index contributed by atoms with van der Waals surface area (Å²) in [5.41, 5.74) is 0.845. The van der Waals surface area contributed by atoms with E-state index in [1.165, 1.54) is 6.08 Å². The smallest absolute Gasteiger partial charge is 0.119 e. The molecule has 2 heteroatoms. The molecule has 0 saturated carbocycles. The Bertz CT molecular complexity index is 168. The van der Waals surface area contributed by atoms with Crippen molar-refractivity contribution in [1.82, 2.24) is 0 Å². The van der Waals surface area contributed by atoms with Crippen LogP contribution in [-0.4, -0.2) is 10.4 Å². The highest BCUT2D eigenvalue weighted by molar-refractivity contribution is 9.09. The fourth-order valence-corrected chi connectivity index (χ4v) is 1.00. The molecule has 0 amide bonds. The van der Waals surface area contributed by atoms with Gasteiger partial charge in [-0.05, 0) is 13.0 Å². The average Bonchev–Trinajstić information content (AvgIpc) is 1.99. The Morgan fingerprint density at radius 3 is 2.60 bits per heavy atom. The van der Waals surface area contributed by atoms with Gasteiger partial charge in [0.05, 0.1) is 0 Å². The van der Waals surface area contributed by atoms with E-state index in [0.29, 0.717) is 5.33 Å². The van der Waals surface area contributed by atoms with Gasteiger partial charge in [-0.1, -0.05) is 34.7 Å². The van der Waals surface area contributed by atoms with Crippen molar-refractivity contribution in [2.45, 2.75) is 6.92 Å². The van der Waals surface area contributed by atoms with Gasteiger partial charge >= 0.3 is 0 Å². The van der Waals surface area contributed by atoms with Crippen LogP contribution >= 0.6 is 15.9 Å². The van der Waals surface area contributed by atoms with Crippen molar-refractivity contribution in [3.8, 4) is 0 Å². The molecule has 0 unspecified atom stereocenters. The zero-order valence-electron chi connectivity index (χ0n) is 5.97. The molecule has 0 aromatic rings. The van der Waals surface area contributed by atoms with E-state index >= 15 is 0 Å². The zero-order chi connectivity index (χ0) is 7.98. The second kappa shape index (κ2) is 5.30. The van der Waals surface area contributed by atoms with Gasteiger partial charge < -0.3 is 5.11 Å². The molecule has 0 bridgehead atoms. The lowest BCUT2D eigenvalue weighted by Crippen LogP contribution is -1.85. The van der Waals surface area contributed by atoms with Crippen molar-refractivity contribution in [1.29, 1.82) is 0 Å². The van der Waals surface area contributed by atoms with Crippen molar-refractivity contribution >= 4 is 15.9 Å². The number of hydrogen-bond acceptors (Lipinski definition) is 1. The predicted octanol–water partition coefficient (Wildman–Crippen LogP) is 2.96. The second-order valence-electron chi connectivity index (χ2n) is 1.75. The molecule has 0 aromatic carbocycles. The zero-order valence-corrected chi connectivity index (χ0v) is 7.56. The average molecular weight is 203 g/mol. The quantitative estimate of drug-likeness (QED) is 0.424. The first-order chi connectivity index (χ1) is 4.76. The molecule has 56 valence electrons. The number of allylic oxidation sites excluding steroid dienone is 4. The molecule has 0 atom stereocenters. The van der Waals surface area contributed by atoms with E-state index in [1.807, 2.05) is 19.1 Å². The minimum absolute atomic E-state index is 0.231. The van der Waals surface area contributed by atoms with E-state index < -0.39 is 0 Å². The highest BCUT2D eigenvalue weighted by Crippen LogP contribution is 2.07. The topological polar surface area (TPSA) is 20.2 Å². The Morgan fingerprint density at radius 2 is 2.30 bits per heavy atom. The van der Waals surface area contributed by atoms with E-state index in [4.69, 9.17) is 5.11 Å². The molecule has 0 aromatic heterocycles. The molecule has 0 radical (unpaired) electrons. The molecular formula is C8H11BrO. The van der Waals surface area contributed by atoms with Gasteiger partial charge in [0.15, 0.2) is 0 Å². The number of aliphatic hydroxyl groups is 1. The molecule has 1 N–H and O–H groups in total. The minimum Gasteiger partial charge on any atom is -0.508 e. The lowest BCUT2D eigenvalue weighted by Gasteiger charge is -1.96. The van der Waals surface area contributed by atoms with E-state index in [-0.39, 0.29) is 5.76 Å². The first kappa shape index (κ1) is 9.50. The van der Waals surface area contributed by atoms with E-state index in [2.05, 4.69) is 22.5 Å². The maximum atomic E-state index is 9.13. The normalized spacial score (nSPS) is 13.4. The summed E-state index contributed by atoms with van der Waals surface area (Å²) >= 11 is 3.24. The molecule has 0 spiro atoms. The van der Waals surface area contributed by atoms with Gasteiger partial charge in [-0.2, -0.15) is 0 Å². The first-order valence-electron chi connectivity index (χ1n) is 2.99. The minimum atomic E-state index is 0.231. The first-order valence-corrected chi connectivity index (χ1v) is 4.11. The lowest BCUT2D eigenvalue weighted by molar-refractivity contribution is 0.428. The standard InChI is InChI=1S/C8H11BrO/c1-3-5-7(6-9)8(10)4-2/h3-5,10H,2,6H2,1H3/b5-3-,8-7-. The number of hydrogen-bond donors (Lipinski definition) is 1. The van der Waals surface area contributed by atoms with Crippen molar-refractivity contribution < 1.29 is 5.11 Å². The Labute approximate surface area is 69.9 Å². The van der Waals surface area contributed by atoms with Crippen LogP contribution in [-0.2, 0) is 0 Å². The Kier molecular flexibility index (Phi) is 5.03. The summed E-state index contributed by atoms with van der Waals surface area (Å²) in [6, 6.07) is 0. The number of aliphatic hydroxyl groups excluding tert-OH is 1. The summed E-state index contributed by atoms with van der Waals surface area (Å²) in [6.45, 7) is 5.35. The van der Waals surface area contributed by atoms with Gasteiger partial charge in [-0.25, -0.2) is 0 Å². The van der Waals surface area contributed by atoms with Gasteiger partial charge in [-0.15, -0.1) is 0 Å². The summed E-state index contributed by atoms with van der Waals surface area (Å²) < 4.78 is 0. The summed E-state index contributed by atoms with van der Waals surface area (Å²) in [5.74, 6) is 0.231. The molecule has 0 rings (SSSR count). The monoisotopic (exact) mass is 202 g/mol. The maximum absolute atomic E-state index is 9.13. The molecule has 10 heavy (non-hydrogen) atoms. The molecule has 0 fully saturated rings. The molecule has 0 aliphatic rings. The van der Waals surface area contributed by atoms with Crippen molar-refractivity contribution in [2.24, 2.45) is 0 Å². The van der Waals surface area contributed by atoms with Crippen LogP contribution in [0.2, 0.25) is 0 Å². The van der Waals surface area contributed by atoms with Crippen LogP contribution in [0.3, 0.4) is 0 Å². The van der Waals surface area contributed by atoms with Crippen LogP contribution in [0.25, 0.3) is 0 Å². The summed E-state index contributed by atoms with van der Waals surface area (Å²) in [7, 11) is 0. The SMILES string of the molecule is C=C/C(O)=C(\C=C/C)CBr. The highest BCUT2D eigenvalue weighted by Gasteiger charge is 1.94. The Balaban J connectivity index is 4.44. The third-order valence-corrected chi connectivity index (χ3v) is 1.64. The molecular weight excluding hydrogens is 192 g/mol. The van der Waals surface area contributed by atoms with Gasteiger partial charge in [0.1, 0.15) is 5.76 Å². The van der Waals surface area contributed by atoms with Crippen LogP contribution in [0.5, 0.6) is 0 Å². The van der Waals surface area contributed by atoms with Crippen molar-refractivity contribution in [2.75, 3.05) is 5.33 Å². The highest BCUT2D eigenvalue weighted by atomic mass is 79.9. The van der Waals surface area contributed by atoms with E-state index in [0.717, 1.165) is 5.57 Å². The summed E-state index contributed by atoms with van der Waals surface area (Å²) in [5, 5.41) is 9.78. The molecule has 0 aliphatic heterocycles. The predicted molar refractivity (Wildman–Crippen MR) is 48.5 cm³/mol. The lowest BCUT2D eigenvalue weighted by atomic mass is 10.2. The van der Waals surface area contributed by atoms with Crippen molar-refractivity contribution in [3.63, 3.8) is 0 Å². The third-order valence-electron chi connectivity index (χ3n) is 1.03. The van der Waals surface area contributed by atoms with Gasteiger partial charge in [0.25, 0.3) is 0 Å². The van der Waals surface area contributed by atoms with Gasteiger partial charge in [-0.3, -0.25) is 0 Å². The van der Waals surface area contributed by atoms with E-state index in [1.54, 1.807) is 0 Å². The Hall–Kier alpha value is -0.500. The van der Waals surface area contributed by atoms with Gasteiger partial charge in [0, 0.05) is 10.9 Å². The molecule has 1 nitrogen and oxygen atoms in total. The van der Waals surface area contributed by atoms with Crippen molar-refractivity contribution in [3.05, 3.63) is 36.1 Å². The third kappa shape index (κ3) is 2.87. The van der Waals surface area contributed by atoms with Crippen LogP contribution in [0.1, 0.15) is 6.92 Å². The second-order valence-corrected chi connectivity index (χ2v) is 2.31. The van der Waals surface area contributed by atoms with Crippen LogP contribution < -0.4 is 0 Å². The number of rotatable bonds is 3. The van der Waals surface area contributed by atoms with Gasteiger partial charge in [0.2, 0.25) is 0 Å². The molecule has 0 saturated heterocycles. The largest absolute Gasteiger partial charge is 0.508 e. The fraction of sp³-hybridized carbons (Fsp3) is 0.250. The molecule has 0 heterocycles. The number of halogens is 1. The van der Waals surface area contributed by atoms with Crippen LogP contribution in [0, 0.1) is 0 Å². The Morgan fingerprint density at radius 1 is 1.70 bits per heavy atom. The van der Waals surface area contributed by atoms with Crippen LogP contribution in [0.15, 0.2) is 36.1 Å². The summed E-state index contributed by atoms with van der Waals surface area (Å²) in [4.78, 5) is 0. The van der Waals surface area contributed by atoms with Crippen LogP contribution in [0.4, 0.5) is 0 Å². The maximum Gasteiger partial charge on any atom is 0.119 e. The summed E-state index contributed by atoms with van der Waals surface area (Å²) in [6.07, 6.45) is 5.14. The number of alkyl halides is 1. The fourth-order valence-electron chi connectivity index (χ4n) is 0.531. The van der Waals surface area contributed by atoms with E-state index in [9.17, 15) is 0 Å².